The lowest BCUT2D eigenvalue weighted by Crippen LogP contribution is -2.41. The Morgan fingerprint density at radius 1 is 1.59 bits per heavy atom. The summed E-state index contributed by atoms with van der Waals surface area (Å²) < 4.78 is 4.92. The lowest BCUT2D eigenvalue weighted by atomic mass is 9.96. The van der Waals surface area contributed by atoms with Gasteiger partial charge in [0.25, 0.3) is 0 Å². The third-order valence-electron chi connectivity index (χ3n) is 2.50. The van der Waals surface area contributed by atoms with Gasteiger partial charge in [0.2, 0.25) is 0 Å². The number of pyridine rings is 1. The Bertz CT molecular complexity index is 342. The molecule has 0 saturated carbocycles. The summed E-state index contributed by atoms with van der Waals surface area (Å²) in [6, 6.07) is 1.74. The maximum Gasteiger partial charge on any atom is 0.0785 e. The Kier molecular flexibility index (Phi) is 5.34. The standard InChI is InChI=1S/C12H21N3O2/c1-12(16,9-15-5-6-17-2)7-10-8-14-4-3-11(10)13/h3-4,8,15-16H,5-7,9H2,1-2H3,(H2,13,14). The van der Waals surface area contributed by atoms with Crippen molar-refractivity contribution >= 4 is 5.69 Å². The second kappa shape index (κ2) is 6.54. The molecule has 1 aromatic rings. The van der Waals surface area contributed by atoms with Crippen LogP contribution in [0.5, 0.6) is 0 Å². The molecule has 0 saturated heterocycles. The minimum Gasteiger partial charge on any atom is -0.398 e. The average Bonchev–Trinajstić information content (AvgIpc) is 2.28. The number of nitrogens with zero attached hydrogens (tertiary/aromatic N) is 1. The van der Waals surface area contributed by atoms with Crippen molar-refractivity contribution < 1.29 is 9.84 Å². The summed E-state index contributed by atoms with van der Waals surface area (Å²) in [5, 5.41) is 13.3. The molecule has 0 aromatic carbocycles. The van der Waals surface area contributed by atoms with Gasteiger partial charge in [-0.2, -0.15) is 0 Å². The number of hydrogen-bond donors (Lipinski definition) is 3. The van der Waals surface area contributed by atoms with Gasteiger partial charge >= 0.3 is 0 Å². The fourth-order valence-electron chi connectivity index (χ4n) is 1.59. The van der Waals surface area contributed by atoms with Crippen LogP contribution < -0.4 is 11.1 Å². The molecule has 1 rings (SSSR count). The predicted octanol–water partition coefficient (Wildman–Crippen LogP) is 0.193. The quantitative estimate of drug-likeness (QED) is 0.592. The Hall–Kier alpha value is -1.17. The van der Waals surface area contributed by atoms with Crippen molar-refractivity contribution in [2.45, 2.75) is 18.9 Å². The van der Waals surface area contributed by atoms with Crippen molar-refractivity contribution in [1.82, 2.24) is 10.3 Å². The third kappa shape index (κ3) is 5.12. The zero-order valence-corrected chi connectivity index (χ0v) is 10.4. The van der Waals surface area contributed by atoms with Crippen LogP contribution in [-0.4, -0.2) is 42.5 Å². The highest BCUT2D eigenvalue weighted by molar-refractivity contribution is 5.44. The molecule has 17 heavy (non-hydrogen) atoms. The summed E-state index contributed by atoms with van der Waals surface area (Å²) in [6.45, 7) is 3.62. The Morgan fingerprint density at radius 2 is 2.35 bits per heavy atom. The lowest BCUT2D eigenvalue weighted by Gasteiger charge is -2.24. The van der Waals surface area contributed by atoms with Crippen LogP contribution in [0.15, 0.2) is 18.5 Å². The van der Waals surface area contributed by atoms with Gasteiger partial charge in [-0.3, -0.25) is 4.98 Å². The first-order valence-electron chi connectivity index (χ1n) is 5.65. The largest absolute Gasteiger partial charge is 0.398 e. The third-order valence-corrected chi connectivity index (χ3v) is 2.50. The maximum absolute atomic E-state index is 10.2. The second-order valence-corrected chi connectivity index (χ2v) is 4.42. The van der Waals surface area contributed by atoms with Gasteiger partial charge in [0.15, 0.2) is 0 Å². The van der Waals surface area contributed by atoms with Gasteiger partial charge in [-0.1, -0.05) is 0 Å². The van der Waals surface area contributed by atoms with E-state index in [4.69, 9.17) is 10.5 Å². The molecule has 0 radical (unpaired) electrons. The van der Waals surface area contributed by atoms with Crippen LogP contribution in [0.1, 0.15) is 12.5 Å². The molecule has 0 bridgehead atoms. The van der Waals surface area contributed by atoms with E-state index in [-0.39, 0.29) is 0 Å². The summed E-state index contributed by atoms with van der Waals surface area (Å²) in [6.07, 6.45) is 3.82. The van der Waals surface area contributed by atoms with Crippen molar-refractivity contribution in [3.63, 3.8) is 0 Å². The van der Waals surface area contributed by atoms with E-state index in [2.05, 4.69) is 10.3 Å². The number of nitrogen functional groups attached to an aromatic ring is 1. The van der Waals surface area contributed by atoms with Crippen LogP contribution in [0.3, 0.4) is 0 Å². The molecule has 5 heteroatoms. The van der Waals surface area contributed by atoms with E-state index in [1.54, 1.807) is 32.5 Å². The fourth-order valence-corrected chi connectivity index (χ4v) is 1.59. The first kappa shape index (κ1) is 13.9. The number of ether oxygens (including phenoxy) is 1. The van der Waals surface area contributed by atoms with E-state index in [9.17, 15) is 5.11 Å². The van der Waals surface area contributed by atoms with Crippen molar-refractivity contribution in [3.05, 3.63) is 24.0 Å². The number of rotatable bonds is 7. The number of anilines is 1. The van der Waals surface area contributed by atoms with Crippen molar-refractivity contribution in [3.8, 4) is 0 Å². The maximum atomic E-state index is 10.2. The molecule has 0 spiro atoms. The van der Waals surface area contributed by atoms with Crippen LogP contribution >= 0.6 is 0 Å². The molecule has 0 aliphatic carbocycles. The molecule has 5 nitrogen and oxygen atoms in total. The van der Waals surface area contributed by atoms with Gasteiger partial charge in [-0.05, 0) is 18.6 Å². The predicted molar refractivity (Wildman–Crippen MR) is 67.7 cm³/mol. The Morgan fingerprint density at radius 3 is 3.00 bits per heavy atom. The number of aliphatic hydroxyl groups is 1. The molecular formula is C12H21N3O2. The Labute approximate surface area is 102 Å². The highest BCUT2D eigenvalue weighted by Crippen LogP contribution is 2.16. The van der Waals surface area contributed by atoms with Crippen molar-refractivity contribution in [2.24, 2.45) is 0 Å². The van der Waals surface area contributed by atoms with E-state index in [0.717, 1.165) is 12.1 Å². The second-order valence-electron chi connectivity index (χ2n) is 4.42. The summed E-state index contributed by atoms with van der Waals surface area (Å²) in [4.78, 5) is 4.01. The summed E-state index contributed by atoms with van der Waals surface area (Å²) >= 11 is 0. The molecular weight excluding hydrogens is 218 g/mol. The Balaban J connectivity index is 2.46. The molecule has 0 aliphatic rings. The van der Waals surface area contributed by atoms with Gasteiger partial charge in [0, 0.05) is 44.7 Å². The van der Waals surface area contributed by atoms with Gasteiger partial charge in [0.05, 0.1) is 12.2 Å². The first-order chi connectivity index (χ1) is 8.05. The van der Waals surface area contributed by atoms with Crippen LogP contribution in [0.2, 0.25) is 0 Å². The van der Waals surface area contributed by atoms with E-state index in [1.165, 1.54) is 0 Å². The van der Waals surface area contributed by atoms with Crippen LogP contribution in [0, 0.1) is 0 Å². The highest BCUT2D eigenvalue weighted by Gasteiger charge is 2.21. The van der Waals surface area contributed by atoms with Crippen LogP contribution in [-0.2, 0) is 11.2 Å². The molecule has 0 fully saturated rings. The first-order valence-corrected chi connectivity index (χ1v) is 5.65. The molecule has 0 aliphatic heterocycles. The van der Waals surface area contributed by atoms with Gasteiger partial charge in [0.1, 0.15) is 0 Å². The normalized spacial score (nSPS) is 14.5. The van der Waals surface area contributed by atoms with E-state index in [0.29, 0.717) is 25.3 Å². The highest BCUT2D eigenvalue weighted by atomic mass is 16.5. The number of nitrogens with two attached hydrogens (primary N) is 1. The lowest BCUT2D eigenvalue weighted by molar-refractivity contribution is 0.0582. The molecule has 0 amide bonds. The van der Waals surface area contributed by atoms with Gasteiger partial charge in [-0.25, -0.2) is 0 Å². The molecule has 1 unspecified atom stereocenters. The smallest absolute Gasteiger partial charge is 0.0785 e. The summed E-state index contributed by atoms with van der Waals surface area (Å²) in [5.41, 5.74) is 6.50. The van der Waals surface area contributed by atoms with Crippen LogP contribution in [0.25, 0.3) is 0 Å². The molecule has 1 atom stereocenters. The number of aromatic nitrogens is 1. The van der Waals surface area contributed by atoms with Crippen molar-refractivity contribution in [1.29, 1.82) is 0 Å². The number of methoxy groups -OCH3 is 1. The molecule has 96 valence electrons. The minimum absolute atomic E-state index is 0.479. The summed E-state index contributed by atoms with van der Waals surface area (Å²) in [5.74, 6) is 0. The average molecular weight is 239 g/mol. The molecule has 4 N–H and O–H groups in total. The van der Waals surface area contributed by atoms with Crippen LogP contribution in [0.4, 0.5) is 5.69 Å². The van der Waals surface area contributed by atoms with E-state index >= 15 is 0 Å². The summed E-state index contributed by atoms with van der Waals surface area (Å²) in [7, 11) is 1.65. The zero-order chi connectivity index (χ0) is 12.7. The number of hydrogen-bond acceptors (Lipinski definition) is 5. The van der Waals surface area contributed by atoms with E-state index in [1.807, 2.05) is 0 Å². The topological polar surface area (TPSA) is 80.4 Å². The number of nitrogens with one attached hydrogen (secondary N) is 1. The minimum atomic E-state index is -0.842. The van der Waals surface area contributed by atoms with Crippen molar-refractivity contribution in [2.75, 3.05) is 32.5 Å². The SMILES string of the molecule is COCCNCC(C)(O)Cc1cnccc1N. The molecule has 1 aromatic heterocycles. The monoisotopic (exact) mass is 239 g/mol. The van der Waals surface area contributed by atoms with Gasteiger partial charge < -0.3 is 20.9 Å². The fraction of sp³-hybridized carbons (Fsp3) is 0.583. The van der Waals surface area contributed by atoms with Gasteiger partial charge in [-0.15, -0.1) is 0 Å². The van der Waals surface area contributed by atoms with E-state index < -0.39 is 5.60 Å². The zero-order valence-electron chi connectivity index (χ0n) is 10.4. The molecule has 1 heterocycles.